The molecule has 0 aromatic rings. The number of hydrogen-bond donors (Lipinski definition) is 0. The van der Waals surface area contributed by atoms with Gasteiger partial charge in [0.15, 0.2) is 24.6 Å². The van der Waals surface area contributed by atoms with Gasteiger partial charge in [-0.25, -0.2) is 0 Å². The largest absolute Gasteiger partial charge is 0.456 e. The van der Waals surface area contributed by atoms with Gasteiger partial charge in [-0.05, 0) is 6.92 Å². The maximum Gasteiger partial charge on any atom is 0.303 e. The van der Waals surface area contributed by atoms with E-state index in [0.29, 0.717) is 0 Å². The van der Waals surface area contributed by atoms with Gasteiger partial charge in [-0.3, -0.25) is 14.4 Å². The van der Waals surface area contributed by atoms with E-state index in [1.54, 1.807) is 6.92 Å². The fraction of sp³-hybridized carbons (Fsp3) is 0.769. The maximum atomic E-state index is 11.3. The molecule has 1 saturated heterocycles. The number of rotatable bonds is 4. The van der Waals surface area contributed by atoms with Crippen LogP contribution in [-0.2, 0) is 38.1 Å². The second kappa shape index (κ2) is 7.37. The molecule has 2 unspecified atom stereocenters. The van der Waals surface area contributed by atoms with Crippen molar-refractivity contribution in [2.24, 2.45) is 0 Å². The number of methoxy groups -OCH3 is 1. The van der Waals surface area contributed by atoms with Crippen molar-refractivity contribution in [2.45, 2.75) is 58.4 Å². The molecule has 0 radical (unpaired) electrons. The molecule has 8 nitrogen and oxygen atoms in total. The van der Waals surface area contributed by atoms with Crippen LogP contribution in [0.5, 0.6) is 0 Å². The summed E-state index contributed by atoms with van der Waals surface area (Å²) in [5.74, 6) is -1.76. The van der Waals surface area contributed by atoms with Crippen molar-refractivity contribution in [3.8, 4) is 0 Å². The highest BCUT2D eigenvalue weighted by atomic mass is 16.7. The van der Waals surface area contributed by atoms with E-state index in [4.69, 9.17) is 23.7 Å². The summed E-state index contributed by atoms with van der Waals surface area (Å²) in [4.78, 5) is 33.7. The lowest BCUT2D eigenvalue weighted by Crippen LogP contribution is -2.60. The maximum absolute atomic E-state index is 11.3. The summed E-state index contributed by atoms with van der Waals surface area (Å²) in [6.45, 7) is 5.27. The zero-order chi connectivity index (χ0) is 16.2. The third kappa shape index (κ3) is 4.68. The highest BCUT2D eigenvalue weighted by Gasteiger charge is 2.50. The molecule has 1 aliphatic heterocycles. The number of ether oxygens (including phenoxy) is 5. The molecule has 120 valence electrons. The van der Waals surface area contributed by atoms with Crippen molar-refractivity contribution in [1.29, 1.82) is 0 Å². The Hall–Kier alpha value is -1.67. The molecule has 0 bridgehead atoms. The molecule has 0 saturated carbocycles. The molecule has 0 N–H and O–H groups in total. The Labute approximate surface area is 122 Å². The van der Waals surface area contributed by atoms with Crippen molar-refractivity contribution < 1.29 is 38.1 Å². The molecule has 1 rings (SSSR count). The molecule has 1 heterocycles. The summed E-state index contributed by atoms with van der Waals surface area (Å²) in [6, 6.07) is 0. The first-order valence-electron chi connectivity index (χ1n) is 6.46. The normalized spacial score (nSPS) is 32.1. The van der Waals surface area contributed by atoms with Gasteiger partial charge in [-0.15, -0.1) is 0 Å². The molecular formula is C13H20O8. The highest BCUT2D eigenvalue weighted by Crippen LogP contribution is 2.28. The van der Waals surface area contributed by atoms with Crippen LogP contribution in [0.2, 0.25) is 0 Å². The van der Waals surface area contributed by atoms with E-state index in [1.807, 2.05) is 0 Å². The average molecular weight is 304 g/mol. The molecule has 5 atom stereocenters. The van der Waals surface area contributed by atoms with Gasteiger partial charge in [0.25, 0.3) is 0 Å². The van der Waals surface area contributed by atoms with Crippen LogP contribution in [-0.4, -0.2) is 55.7 Å². The van der Waals surface area contributed by atoms with Crippen LogP contribution in [0, 0.1) is 0 Å². The third-order valence-electron chi connectivity index (χ3n) is 2.87. The van der Waals surface area contributed by atoms with E-state index in [2.05, 4.69) is 0 Å². The fourth-order valence-corrected chi connectivity index (χ4v) is 2.16. The topological polar surface area (TPSA) is 97.4 Å². The molecule has 1 fully saturated rings. The van der Waals surface area contributed by atoms with Crippen molar-refractivity contribution in [2.75, 3.05) is 7.11 Å². The predicted molar refractivity (Wildman–Crippen MR) is 68.0 cm³/mol. The van der Waals surface area contributed by atoms with Gasteiger partial charge in [0, 0.05) is 27.9 Å². The highest BCUT2D eigenvalue weighted by molar-refractivity contribution is 5.68. The minimum Gasteiger partial charge on any atom is -0.456 e. The number of carbonyl (C=O) groups is 3. The Bertz CT molecular complexity index is 407. The molecule has 1 aliphatic rings. The Morgan fingerprint density at radius 2 is 1.24 bits per heavy atom. The van der Waals surface area contributed by atoms with Gasteiger partial charge in [0.2, 0.25) is 0 Å². The molecule has 8 heteroatoms. The van der Waals surface area contributed by atoms with Gasteiger partial charge in [-0.2, -0.15) is 0 Å². The van der Waals surface area contributed by atoms with Gasteiger partial charge >= 0.3 is 17.9 Å². The first-order chi connectivity index (χ1) is 9.76. The Balaban J connectivity index is 3.08. The van der Waals surface area contributed by atoms with Gasteiger partial charge in [0.1, 0.15) is 0 Å². The summed E-state index contributed by atoms with van der Waals surface area (Å²) in [6.07, 6.45) is -4.47. The first-order valence-corrected chi connectivity index (χ1v) is 6.46. The van der Waals surface area contributed by atoms with E-state index in [1.165, 1.54) is 27.9 Å². The molecule has 21 heavy (non-hydrogen) atoms. The summed E-state index contributed by atoms with van der Waals surface area (Å²) in [5.41, 5.74) is 0. The minimum absolute atomic E-state index is 0.565. The lowest BCUT2D eigenvalue weighted by atomic mass is 9.99. The van der Waals surface area contributed by atoms with Crippen LogP contribution < -0.4 is 0 Å². The average Bonchev–Trinajstić information content (AvgIpc) is 2.35. The van der Waals surface area contributed by atoms with Crippen LogP contribution >= 0.6 is 0 Å². The lowest BCUT2D eigenvalue weighted by Gasteiger charge is -2.42. The summed E-state index contributed by atoms with van der Waals surface area (Å²) in [7, 11) is 1.37. The number of carbonyl (C=O) groups excluding carboxylic acids is 3. The zero-order valence-electron chi connectivity index (χ0n) is 12.7. The SMILES string of the molecule is COC1O[C@@H](C)C(OC(C)=O)[C@H](OC(C)=O)[C@H]1OC(C)=O. The quantitative estimate of drug-likeness (QED) is 0.535. The minimum atomic E-state index is -1.03. The first kappa shape index (κ1) is 17.4. The third-order valence-corrected chi connectivity index (χ3v) is 2.87. The zero-order valence-corrected chi connectivity index (χ0v) is 12.7. The fourth-order valence-electron chi connectivity index (χ4n) is 2.16. The van der Waals surface area contributed by atoms with E-state index in [-0.39, 0.29) is 0 Å². The molecule has 0 aromatic heterocycles. The molecule has 0 aromatic carbocycles. The predicted octanol–water partition coefficient (Wildman–Crippen LogP) is 0.173. The van der Waals surface area contributed by atoms with Crippen molar-refractivity contribution in [3.05, 3.63) is 0 Å². The second-order valence-electron chi connectivity index (χ2n) is 4.67. The van der Waals surface area contributed by atoms with E-state index >= 15 is 0 Å². The van der Waals surface area contributed by atoms with Gasteiger partial charge in [-0.1, -0.05) is 0 Å². The van der Waals surface area contributed by atoms with Crippen LogP contribution in [0.3, 0.4) is 0 Å². The van der Waals surface area contributed by atoms with Crippen LogP contribution in [0.25, 0.3) is 0 Å². The molecular weight excluding hydrogens is 284 g/mol. The van der Waals surface area contributed by atoms with E-state index in [9.17, 15) is 14.4 Å². The molecule has 0 amide bonds. The van der Waals surface area contributed by atoms with Crippen LogP contribution in [0.1, 0.15) is 27.7 Å². The monoisotopic (exact) mass is 304 g/mol. The van der Waals surface area contributed by atoms with Gasteiger partial charge < -0.3 is 23.7 Å². The van der Waals surface area contributed by atoms with E-state index < -0.39 is 48.6 Å². The Morgan fingerprint density at radius 3 is 1.67 bits per heavy atom. The Morgan fingerprint density at radius 1 is 0.810 bits per heavy atom. The summed E-state index contributed by atoms with van der Waals surface area (Å²) < 4.78 is 26.0. The van der Waals surface area contributed by atoms with Crippen molar-refractivity contribution >= 4 is 17.9 Å². The standard InChI is InChI=1S/C13H20O8/c1-6-10(19-7(2)14)11(20-8(3)15)12(21-9(4)16)13(17-5)18-6/h6,10-13H,1-5H3/t6-,10?,11-,12+,13?/m0/s1. The second-order valence-corrected chi connectivity index (χ2v) is 4.67. The lowest BCUT2D eigenvalue weighted by molar-refractivity contribution is -0.294. The van der Waals surface area contributed by atoms with E-state index in [0.717, 1.165) is 0 Å². The van der Waals surface area contributed by atoms with Crippen molar-refractivity contribution in [1.82, 2.24) is 0 Å². The van der Waals surface area contributed by atoms with Crippen molar-refractivity contribution in [3.63, 3.8) is 0 Å². The van der Waals surface area contributed by atoms with Crippen LogP contribution in [0.4, 0.5) is 0 Å². The van der Waals surface area contributed by atoms with Crippen LogP contribution in [0.15, 0.2) is 0 Å². The van der Waals surface area contributed by atoms with Gasteiger partial charge in [0.05, 0.1) is 6.10 Å². The summed E-state index contributed by atoms with van der Waals surface area (Å²) >= 11 is 0. The number of hydrogen-bond acceptors (Lipinski definition) is 8. The molecule has 0 spiro atoms. The smallest absolute Gasteiger partial charge is 0.303 e. The Kier molecular flexibility index (Phi) is 6.10. The molecule has 0 aliphatic carbocycles. The summed E-state index contributed by atoms with van der Waals surface area (Å²) in [5, 5.41) is 0. The number of esters is 3.